The van der Waals surface area contributed by atoms with E-state index in [4.69, 9.17) is 0 Å². The number of rotatable bonds is 4. The first kappa shape index (κ1) is 22.2. The van der Waals surface area contributed by atoms with Crippen molar-refractivity contribution in [3.63, 3.8) is 0 Å². The minimum absolute atomic E-state index is 0.215. The monoisotopic (exact) mass is 431 g/mol. The van der Waals surface area contributed by atoms with Gasteiger partial charge in [-0.2, -0.15) is 26.4 Å². The second kappa shape index (κ2) is 10.6. The molecular formula is C30H27BFN. The minimum Gasteiger partial charge on any atom is -0.195 e. The van der Waals surface area contributed by atoms with E-state index < -0.39 is 6.15 Å². The molecule has 0 fully saturated rings. The number of halogens is 1. The normalized spacial score (nSPS) is 10.7. The van der Waals surface area contributed by atoms with Gasteiger partial charge in [0, 0.05) is 12.1 Å². The summed E-state index contributed by atoms with van der Waals surface area (Å²) in [6, 6.07) is 48.4. The Hall–Kier alpha value is -3.98. The molecule has 0 saturated carbocycles. The lowest BCUT2D eigenvalue weighted by Gasteiger charge is -2.44. The van der Waals surface area contributed by atoms with Crippen molar-refractivity contribution < 1.29 is 8.96 Å². The van der Waals surface area contributed by atoms with Crippen molar-refractivity contribution in [1.29, 1.82) is 0 Å². The van der Waals surface area contributed by atoms with E-state index in [1.165, 1.54) is 32.5 Å². The second-order valence-electron chi connectivity index (χ2n) is 8.14. The van der Waals surface area contributed by atoms with Gasteiger partial charge in [-0.05, 0) is 6.07 Å². The van der Waals surface area contributed by atoms with E-state index in [-0.39, 0.29) is 5.95 Å². The largest absolute Gasteiger partial charge is 0.359 e. The first-order valence-corrected chi connectivity index (χ1v) is 11.2. The number of nitrogens with zero attached hydrogens (tertiary/aromatic N) is 1. The Morgan fingerprint density at radius 1 is 0.455 bits per heavy atom. The Bertz CT molecular complexity index is 1080. The maximum absolute atomic E-state index is 12.3. The van der Waals surface area contributed by atoms with Crippen LogP contribution in [-0.4, -0.2) is 6.15 Å². The van der Waals surface area contributed by atoms with Gasteiger partial charge in [0.25, 0.3) is 0 Å². The lowest BCUT2D eigenvalue weighted by molar-refractivity contribution is -0.700. The Kier molecular flexibility index (Phi) is 7.11. The molecule has 0 amide bonds. The molecule has 0 saturated heterocycles. The van der Waals surface area contributed by atoms with Gasteiger partial charge >= 0.3 is 5.95 Å². The third-order valence-corrected chi connectivity index (χ3v) is 6.19. The van der Waals surface area contributed by atoms with Gasteiger partial charge in [0.05, 0.1) is 0 Å². The van der Waals surface area contributed by atoms with E-state index >= 15 is 0 Å². The topological polar surface area (TPSA) is 3.88 Å². The van der Waals surface area contributed by atoms with Crippen molar-refractivity contribution in [2.24, 2.45) is 7.05 Å². The molecule has 5 aromatic rings. The van der Waals surface area contributed by atoms with Crippen LogP contribution in [-0.2, 0) is 7.05 Å². The molecule has 0 unspecified atom stereocenters. The average molecular weight is 431 g/mol. The lowest BCUT2D eigenvalue weighted by Crippen LogP contribution is -2.74. The van der Waals surface area contributed by atoms with Crippen LogP contribution in [0.15, 0.2) is 146 Å². The number of pyridine rings is 1. The first-order chi connectivity index (χ1) is 16.2. The fourth-order valence-electron chi connectivity index (χ4n) is 4.62. The number of benzene rings is 4. The van der Waals surface area contributed by atoms with E-state index in [9.17, 15) is 4.39 Å². The number of aromatic nitrogens is 1. The number of hydrogen-bond donors (Lipinski definition) is 0. The molecule has 0 spiro atoms. The lowest BCUT2D eigenvalue weighted by atomic mass is 9.13. The highest BCUT2D eigenvalue weighted by atomic mass is 19.1. The smallest absolute Gasteiger partial charge is 0.195 e. The SMILES string of the molecule is C[n+]1ccccc1F.c1ccc([B-](c2ccccc2)(c2ccccc2)c2ccccc2)cc1. The molecule has 4 aromatic carbocycles. The van der Waals surface area contributed by atoms with E-state index in [2.05, 4.69) is 121 Å². The van der Waals surface area contributed by atoms with Crippen molar-refractivity contribution in [3.05, 3.63) is 152 Å². The molecule has 33 heavy (non-hydrogen) atoms. The van der Waals surface area contributed by atoms with Crippen LogP contribution in [0.25, 0.3) is 0 Å². The van der Waals surface area contributed by atoms with Crippen LogP contribution < -0.4 is 26.4 Å². The van der Waals surface area contributed by atoms with E-state index in [0.29, 0.717) is 0 Å². The Balaban J connectivity index is 0.000000275. The Morgan fingerprint density at radius 2 is 0.758 bits per heavy atom. The molecule has 3 heteroatoms. The van der Waals surface area contributed by atoms with Gasteiger partial charge in [-0.1, -0.05) is 121 Å². The van der Waals surface area contributed by atoms with Crippen LogP contribution in [0.3, 0.4) is 0 Å². The molecule has 0 bridgehead atoms. The zero-order chi connectivity index (χ0) is 22.9. The molecule has 0 aliphatic carbocycles. The van der Waals surface area contributed by atoms with Crippen molar-refractivity contribution >= 4 is 28.0 Å². The fraction of sp³-hybridized carbons (Fsp3) is 0.0333. The van der Waals surface area contributed by atoms with Crippen LogP contribution in [0.1, 0.15) is 0 Å². The average Bonchev–Trinajstić information content (AvgIpc) is 2.89. The maximum Gasteiger partial charge on any atom is 0.359 e. The molecule has 0 N–H and O–H groups in total. The van der Waals surface area contributed by atoms with E-state index in [1.807, 2.05) is 0 Å². The van der Waals surface area contributed by atoms with E-state index in [0.717, 1.165) is 0 Å². The van der Waals surface area contributed by atoms with Crippen molar-refractivity contribution in [2.45, 2.75) is 0 Å². The van der Waals surface area contributed by atoms with Gasteiger partial charge in [-0.15, -0.1) is 4.39 Å². The van der Waals surface area contributed by atoms with Gasteiger partial charge in [-0.3, -0.25) is 0 Å². The van der Waals surface area contributed by atoms with Crippen molar-refractivity contribution in [3.8, 4) is 0 Å². The zero-order valence-corrected chi connectivity index (χ0v) is 18.8. The van der Waals surface area contributed by atoms with Gasteiger partial charge in [0.2, 0.25) is 0 Å². The second-order valence-corrected chi connectivity index (χ2v) is 8.14. The molecular weight excluding hydrogens is 404 g/mol. The molecule has 1 heterocycles. The number of hydrogen-bond acceptors (Lipinski definition) is 0. The third kappa shape index (κ3) is 4.78. The van der Waals surface area contributed by atoms with Crippen molar-refractivity contribution in [1.82, 2.24) is 0 Å². The predicted octanol–water partition coefficient (Wildman–Crippen LogP) is 3.71. The van der Waals surface area contributed by atoms with Gasteiger partial charge in [-0.25, -0.2) is 0 Å². The summed E-state index contributed by atoms with van der Waals surface area (Å²) in [6.45, 7) is 0. The summed E-state index contributed by atoms with van der Waals surface area (Å²) < 4.78 is 13.7. The van der Waals surface area contributed by atoms with Gasteiger partial charge in [0.15, 0.2) is 6.20 Å². The maximum atomic E-state index is 12.3. The molecule has 0 aliphatic heterocycles. The molecule has 0 radical (unpaired) electrons. The van der Waals surface area contributed by atoms with Gasteiger partial charge in [0.1, 0.15) is 13.2 Å². The molecule has 0 atom stereocenters. The molecule has 1 nitrogen and oxygen atoms in total. The van der Waals surface area contributed by atoms with Crippen LogP contribution in [0.2, 0.25) is 0 Å². The summed E-state index contributed by atoms with van der Waals surface area (Å²) in [5.74, 6) is -0.215. The zero-order valence-electron chi connectivity index (χ0n) is 18.8. The minimum atomic E-state index is -1.22. The Morgan fingerprint density at radius 3 is 1.00 bits per heavy atom. The third-order valence-electron chi connectivity index (χ3n) is 6.19. The molecule has 0 aliphatic rings. The van der Waals surface area contributed by atoms with Crippen LogP contribution in [0, 0.1) is 5.95 Å². The predicted molar refractivity (Wildman–Crippen MR) is 138 cm³/mol. The summed E-state index contributed by atoms with van der Waals surface area (Å²) in [5.41, 5.74) is 5.36. The van der Waals surface area contributed by atoms with Crippen LogP contribution >= 0.6 is 0 Å². The molecule has 162 valence electrons. The summed E-state index contributed by atoms with van der Waals surface area (Å²) in [4.78, 5) is 0. The van der Waals surface area contributed by atoms with E-state index in [1.54, 1.807) is 25.4 Å². The molecule has 5 rings (SSSR count). The summed E-state index contributed by atoms with van der Waals surface area (Å²) >= 11 is 0. The van der Waals surface area contributed by atoms with Crippen LogP contribution in [0.4, 0.5) is 4.39 Å². The molecule has 1 aromatic heterocycles. The van der Waals surface area contributed by atoms with Crippen molar-refractivity contribution in [2.75, 3.05) is 0 Å². The summed E-state index contributed by atoms with van der Waals surface area (Å²) in [5, 5.41) is 0. The summed E-state index contributed by atoms with van der Waals surface area (Å²) in [7, 11) is 1.66. The Labute approximate surface area is 195 Å². The summed E-state index contributed by atoms with van der Waals surface area (Å²) in [6.07, 6.45) is 0.446. The highest BCUT2D eigenvalue weighted by Gasteiger charge is 2.30. The highest BCUT2D eigenvalue weighted by Crippen LogP contribution is 2.09. The fourth-order valence-corrected chi connectivity index (χ4v) is 4.62. The van der Waals surface area contributed by atoms with Crippen LogP contribution in [0.5, 0.6) is 0 Å². The first-order valence-electron chi connectivity index (χ1n) is 11.2. The van der Waals surface area contributed by atoms with Gasteiger partial charge < -0.3 is 0 Å². The quantitative estimate of drug-likeness (QED) is 0.232. The highest BCUT2D eigenvalue weighted by molar-refractivity contribution is 7.19. The standard InChI is InChI=1S/C24H20B.C6H7FN/c1-5-13-21(14-6-1)25(22-15-7-2-8-16-22,23-17-9-3-10-18-23)24-19-11-4-12-20-24;1-8-5-3-2-4-6(8)7/h1-20H;2-5H,1H3/q-1;+1. The number of aryl methyl sites for hydroxylation is 1.